The van der Waals surface area contributed by atoms with Crippen LogP contribution < -0.4 is 20.5 Å². The molecule has 0 saturated heterocycles. The molecule has 17 nitrogen and oxygen atoms in total. The number of methoxy groups -OCH3 is 2. The minimum Gasteiger partial charge on any atom is -0.480 e. The number of nitrogens with two attached hydrogens (primary N) is 1. The average molecular weight is 695 g/mol. The number of aromatic nitrogens is 10. The molecular weight excluding hydrogens is 656 g/mol. The zero-order valence-electron chi connectivity index (χ0n) is 28.9. The topological polar surface area (TPSA) is 224 Å². The Kier molecular flexibility index (Phi) is 12.8. The number of aromatic carboxylic acids is 1. The number of pyridine rings is 4. The van der Waals surface area contributed by atoms with Gasteiger partial charge >= 0.3 is 5.97 Å². The molecule has 0 bridgehead atoms. The third-order valence-corrected chi connectivity index (χ3v) is 6.88. The molecule has 0 radical (unpaired) electrons. The first-order valence-electron chi connectivity index (χ1n) is 15.6. The number of nitrogens with one attached hydrogen (secondary N) is 1. The first kappa shape index (κ1) is 37.0. The van der Waals surface area contributed by atoms with Crippen LogP contribution in [0.25, 0.3) is 23.0 Å². The maximum atomic E-state index is 12.5. The van der Waals surface area contributed by atoms with Crippen LogP contribution in [0.4, 0.5) is 11.6 Å². The molecule has 0 aromatic carbocycles. The van der Waals surface area contributed by atoms with Crippen molar-refractivity contribution in [1.29, 1.82) is 0 Å². The van der Waals surface area contributed by atoms with E-state index in [9.17, 15) is 9.59 Å². The predicted molar refractivity (Wildman–Crippen MR) is 188 cm³/mol. The minimum atomic E-state index is -1.03. The third-order valence-electron chi connectivity index (χ3n) is 6.88. The summed E-state index contributed by atoms with van der Waals surface area (Å²) in [5, 5.41) is 27.3. The van der Waals surface area contributed by atoms with Gasteiger partial charge in [-0.2, -0.15) is 0 Å². The number of carboxylic acid groups (broad SMARTS) is 1. The second-order valence-electron chi connectivity index (χ2n) is 11.0. The summed E-state index contributed by atoms with van der Waals surface area (Å²) >= 11 is 0. The van der Waals surface area contributed by atoms with Gasteiger partial charge in [0.25, 0.3) is 5.91 Å². The first-order chi connectivity index (χ1) is 24.5. The maximum Gasteiger partial charge on any atom is 0.341 e. The van der Waals surface area contributed by atoms with Gasteiger partial charge in [0.15, 0.2) is 11.6 Å². The Bertz CT molecular complexity index is 2060. The van der Waals surface area contributed by atoms with Crippen LogP contribution >= 0.6 is 0 Å². The summed E-state index contributed by atoms with van der Waals surface area (Å²) in [5.74, 6) is 1.31. The van der Waals surface area contributed by atoms with E-state index in [0.29, 0.717) is 34.8 Å². The average Bonchev–Trinajstić information content (AvgIpc) is 3.84. The second-order valence-corrected chi connectivity index (χ2v) is 11.0. The Labute approximate surface area is 293 Å². The number of anilines is 2. The van der Waals surface area contributed by atoms with Gasteiger partial charge in [-0.05, 0) is 76.2 Å². The highest BCUT2D eigenvalue weighted by molar-refractivity contribution is 6.05. The summed E-state index contributed by atoms with van der Waals surface area (Å²) in [7, 11) is 2.85. The normalized spacial score (nSPS) is 10.4. The molecule has 4 N–H and O–H groups in total. The number of hydrogen-bond donors (Lipinski definition) is 3. The van der Waals surface area contributed by atoms with Crippen molar-refractivity contribution >= 4 is 23.5 Å². The summed E-state index contributed by atoms with van der Waals surface area (Å²) in [4.78, 5) is 39.3. The molecule has 0 spiro atoms. The van der Waals surface area contributed by atoms with Crippen molar-refractivity contribution in [1.82, 2.24) is 49.5 Å². The molecule has 51 heavy (non-hydrogen) atoms. The summed E-state index contributed by atoms with van der Waals surface area (Å²) in [6.07, 6.45) is 6.40. The molecule has 6 aromatic rings. The molecule has 0 aliphatic heterocycles. The van der Waals surface area contributed by atoms with E-state index in [1.165, 1.54) is 26.5 Å². The molecule has 17 heteroatoms. The van der Waals surface area contributed by atoms with Gasteiger partial charge in [0.1, 0.15) is 46.8 Å². The van der Waals surface area contributed by atoms with Crippen LogP contribution in [0.5, 0.6) is 11.8 Å². The number of carbonyl (C=O) groups excluding carboxylic acids is 1. The van der Waals surface area contributed by atoms with Crippen LogP contribution in [0.3, 0.4) is 0 Å². The Morgan fingerprint density at radius 1 is 0.725 bits per heavy atom. The molecule has 0 unspecified atom stereocenters. The molecule has 1 amide bonds. The van der Waals surface area contributed by atoms with Gasteiger partial charge in [-0.3, -0.25) is 4.79 Å². The second kappa shape index (κ2) is 17.6. The Morgan fingerprint density at radius 2 is 1.24 bits per heavy atom. The van der Waals surface area contributed by atoms with Crippen molar-refractivity contribution in [3.05, 3.63) is 96.8 Å². The number of amides is 1. The number of ether oxygens (including phenoxy) is 2. The number of nitrogen functional groups attached to an aromatic ring is 1. The van der Waals surface area contributed by atoms with Crippen molar-refractivity contribution in [3.63, 3.8) is 0 Å². The minimum absolute atomic E-state index is 0.0787. The lowest BCUT2D eigenvalue weighted by Crippen LogP contribution is -2.15. The maximum absolute atomic E-state index is 12.5. The van der Waals surface area contributed by atoms with Crippen molar-refractivity contribution in [3.8, 4) is 34.8 Å². The van der Waals surface area contributed by atoms with Crippen LogP contribution in [-0.4, -0.2) is 80.7 Å². The lowest BCUT2D eigenvalue weighted by Gasteiger charge is -2.11. The van der Waals surface area contributed by atoms with E-state index in [1.807, 2.05) is 41.2 Å². The molecule has 6 heterocycles. The molecular formula is C34H38N12O5. The fraction of sp³-hybridized carbons (Fsp3) is 0.235. The number of nitrogens with zero attached hydrogens (tertiary/aromatic N) is 10. The highest BCUT2D eigenvalue weighted by atomic mass is 16.5. The predicted octanol–water partition coefficient (Wildman–Crippen LogP) is 4.87. The van der Waals surface area contributed by atoms with E-state index in [0.717, 1.165) is 11.5 Å². The molecule has 0 atom stereocenters. The quantitative estimate of drug-likeness (QED) is 0.184. The SMILES string of the molecule is CC(C)n1cnnc1-c1cccc(N)n1.COc1ncccc1C(=O)Nc1cccc(-c2nncn2C(C)C)n1.COc1ncccc1C(=O)O. The molecule has 0 aliphatic carbocycles. The Morgan fingerprint density at radius 3 is 1.73 bits per heavy atom. The van der Waals surface area contributed by atoms with E-state index < -0.39 is 5.97 Å². The van der Waals surface area contributed by atoms with Crippen LogP contribution in [0.1, 0.15) is 60.5 Å². The lowest BCUT2D eigenvalue weighted by molar-refractivity contribution is 0.0692. The summed E-state index contributed by atoms with van der Waals surface area (Å²) in [5.41, 5.74) is 7.41. The smallest absolute Gasteiger partial charge is 0.341 e. The Hall–Kier alpha value is -6.78. The standard InChI is InChI=1S/C17H18N6O2.C10H13N5.C7H7NO3/c1-11(2)23-10-19-22-15(23)13-7-4-8-14(20-13)21-16(24)12-6-5-9-18-17(12)25-3;1-7(2)15-6-12-14-10(15)8-4-3-5-9(11)13-8;1-11-6-5(7(9)10)3-2-4-8-6/h4-11H,1-3H3,(H,20,21,24);3-7H,1-2H3,(H2,11,13);2-4H,1H3,(H,9,10). The van der Waals surface area contributed by atoms with Gasteiger partial charge in [-0.15, -0.1) is 20.4 Å². The van der Waals surface area contributed by atoms with E-state index in [4.69, 9.17) is 20.3 Å². The first-order valence-corrected chi connectivity index (χ1v) is 15.6. The van der Waals surface area contributed by atoms with Crippen molar-refractivity contribution in [2.75, 3.05) is 25.3 Å². The molecule has 6 rings (SSSR count). The highest BCUT2D eigenvalue weighted by Gasteiger charge is 2.16. The molecule has 6 aromatic heterocycles. The van der Waals surface area contributed by atoms with Gasteiger partial charge in [0.05, 0.1) is 14.2 Å². The van der Waals surface area contributed by atoms with Crippen LogP contribution in [0, 0.1) is 0 Å². The number of carbonyl (C=O) groups is 2. The molecule has 0 fully saturated rings. The van der Waals surface area contributed by atoms with E-state index >= 15 is 0 Å². The van der Waals surface area contributed by atoms with Crippen molar-refractivity contribution < 1.29 is 24.2 Å². The number of carboxylic acids is 1. The van der Waals surface area contributed by atoms with E-state index in [2.05, 4.69) is 59.5 Å². The Balaban J connectivity index is 0.000000190. The van der Waals surface area contributed by atoms with Crippen LogP contribution in [-0.2, 0) is 0 Å². The monoisotopic (exact) mass is 694 g/mol. The van der Waals surface area contributed by atoms with Gasteiger partial charge in [0.2, 0.25) is 11.8 Å². The van der Waals surface area contributed by atoms with E-state index in [1.54, 1.807) is 55.2 Å². The van der Waals surface area contributed by atoms with Crippen molar-refractivity contribution in [2.24, 2.45) is 0 Å². The van der Waals surface area contributed by atoms with Crippen LogP contribution in [0.15, 0.2) is 85.7 Å². The van der Waals surface area contributed by atoms with E-state index in [-0.39, 0.29) is 29.3 Å². The van der Waals surface area contributed by atoms with Gasteiger partial charge < -0.3 is 34.8 Å². The highest BCUT2D eigenvalue weighted by Crippen LogP contribution is 2.22. The van der Waals surface area contributed by atoms with Gasteiger partial charge in [0, 0.05) is 24.5 Å². The molecule has 0 aliphatic rings. The van der Waals surface area contributed by atoms with Gasteiger partial charge in [-0.25, -0.2) is 24.7 Å². The van der Waals surface area contributed by atoms with Crippen molar-refractivity contribution in [2.45, 2.75) is 39.8 Å². The zero-order valence-corrected chi connectivity index (χ0v) is 28.9. The molecule has 0 saturated carbocycles. The fourth-order valence-electron chi connectivity index (χ4n) is 4.44. The van der Waals surface area contributed by atoms with Gasteiger partial charge in [-0.1, -0.05) is 12.1 Å². The summed E-state index contributed by atoms with van der Waals surface area (Å²) < 4.78 is 13.7. The summed E-state index contributed by atoms with van der Waals surface area (Å²) in [6, 6.07) is 17.6. The fourth-order valence-corrected chi connectivity index (χ4v) is 4.44. The molecule has 264 valence electrons. The number of rotatable bonds is 9. The summed E-state index contributed by atoms with van der Waals surface area (Å²) in [6.45, 7) is 8.21. The lowest BCUT2D eigenvalue weighted by atomic mass is 10.2. The zero-order chi connectivity index (χ0) is 36.9. The third kappa shape index (κ3) is 9.65. The largest absolute Gasteiger partial charge is 0.480 e. The number of hydrogen-bond acceptors (Lipinski definition) is 13. The van der Waals surface area contributed by atoms with Crippen LogP contribution in [0.2, 0.25) is 0 Å².